The van der Waals surface area contributed by atoms with Crippen LogP contribution in [0.4, 0.5) is 4.39 Å². The number of hydrogen-bond donors (Lipinski definition) is 1. The van der Waals surface area contributed by atoms with Crippen molar-refractivity contribution in [1.29, 1.82) is 0 Å². The van der Waals surface area contributed by atoms with Gasteiger partial charge in [-0.1, -0.05) is 30.9 Å². The van der Waals surface area contributed by atoms with Crippen molar-refractivity contribution < 1.29 is 4.39 Å². The average molecular weight is 294 g/mol. The van der Waals surface area contributed by atoms with E-state index in [4.69, 9.17) is 0 Å². The largest absolute Gasteiger partial charge is 0.385 e. The van der Waals surface area contributed by atoms with Crippen LogP contribution in [0.25, 0.3) is 11.3 Å². The molecule has 0 amide bonds. The summed E-state index contributed by atoms with van der Waals surface area (Å²) in [4.78, 5) is 4.13. The molecule has 1 N–H and O–H groups in total. The second-order valence-electron chi connectivity index (χ2n) is 5.52. The third-order valence-electron chi connectivity index (χ3n) is 4.11. The average Bonchev–Trinajstić information content (AvgIpc) is 2.52. The number of halogens is 1. The normalized spacial score (nSPS) is 14.5. The maximum absolute atomic E-state index is 13.6. The van der Waals surface area contributed by atoms with Gasteiger partial charge in [-0.3, -0.25) is 4.98 Å². The van der Waals surface area contributed by atoms with E-state index in [0.717, 1.165) is 41.1 Å². The minimum atomic E-state index is -0.310. The summed E-state index contributed by atoms with van der Waals surface area (Å²) < 4.78 is 13.6. The molecule has 22 heavy (non-hydrogen) atoms. The lowest BCUT2D eigenvalue weighted by Gasteiger charge is -2.21. The van der Waals surface area contributed by atoms with Gasteiger partial charge < -0.3 is 5.32 Å². The summed E-state index contributed by atoms with van der Waals surface area (Å²) in [7, 11) is 0. The zero-order valence-corrected chi connectivity index (χ0v) is 12.9. The number of benzene rings is 1. The minimum Gasteiger partial charge on any atom is -0.385 e. The molecule has 0 fully saturated rings. The molecule has 0 bridgehead atoms. The van der Waals surface area contributed by atoms with Crippen LogP contribution >= 0.6 is 0 Å². The van der Waals surface area contributed by atoms with E-state index in [-0.39, 0.29) is 5.82 Å². The first-order valence-electron chi connectivity index (χ1n) is 7.45. The van der Waals surface area contributed by atoms with Gasteiger partial charge in [-0.25, -0.2) is 4.39 Å². The van der Waals surface area contributed by atoms with Gasteiger partial charge in [0.05, 0.1) is 6.20 Å². The Kier molecular flexibility index (Phi) is 3.80. The van der Waals surface area contributed by atoms with Gasteiger partial charge in [0.1, 0.15) is 5.82 Å². The standard InChI is InChI=1S/C19H19FN2/c1-4-17(19-10-16(20)11-22-13(19)3)14-5-6-18-12(2)21-8-7-15(18)9-14/h4-6,9-11,21H,2,7-8H2,1,3H3/b17-4-. The van der Waals surface area contributed by atoms with Gasteiger partial charge in [0.15, 0.2) is 0 Å². The Morgan fingerprint density at radius 1 is 1.36 bits per heavy atom. The predicted molar refractivity (Wildman–Crippen MR) is 88.9 cm³/mol. The van der Waals surface area contributed by atoms with E-state index < -0.39 is 0 Å². The van der Waals surface area contributed by atoms with Crippen LogP contribution in [-0.4, -0.2) is 11.5 Å². The van der Waals surface area contributed by atoms with Gasteiger partial charge in [0.25, 0.3) is 0 Å². The molecule has 1 aliphatic rings. The molecule has 112 valence electrons. The molecule has 3 heteroatoms. The highest BCUT2D eigenvalue weighted by Crippen LogP contribution is 2.30. The summed E-state index contributed by atoms with van der Waals surface area (Å²) in [5, 5.41) is 3.28. The summed E-state index contributed by atoms with van der Waals surface area (Å²) in [5.41, 5.74) is 7.19. The lowest BCUT2D eigenvalue weighted by molar-refractivity contribution is 0.619. The van der Waals surface area contributed by atoms with E-state index in [9.17, 15) is 4.39 Å². The topological polar surface area (TPSA) is 24.9 Å². The summed E-state index contributed by atoms with van der Waals surface area (Å²) in [6.45, 7) is 8.83. The molecule has 1 aromatic heterocycles. The highest BCUT2D eigenvalue weighted by molar-refractivity contribution is 5.82. The van der Waals surface area contributed by atoms with Crippen molar-refractivity contribution in [1.82, 2.24) is 10.3 Å². The number of fused-ring (bicyclic) bond motifs is 1. The van der Waals surface area contributed by atoms with Crippen LogP contribution in [0, 0.1) is 12.7 Å². The van der Waals surface area contributed by atoms with E-state index in [1.807, 2.05) is 19.9 Å². The van der Waals surface area contributed by atoms with Crippen molar-refractivity contribution in [3.63, 3.8) is 0 Å². The highest BCUT2D eigenvalue weighted by Gasteiger charge is 2.15. The number of allylic oxidation sites excluding steroid dienone is 1. The summed E-state index contributed by atoms with van der Waals surface area (Å²) >= 11 is 0. The molecular weight excluding hydrogens is 275 g/mol. The minimum absolute atomic E-state index is 0.310. The summed E-state index contributed by atoms with van der Waals surface area (Å²) in [6.07, 6.45) is 4.25. The zero-order chi connectivity index (χ0) is 15.7. The fourth-order valence-electron chi connectivity index (χ4n) is 2.96. The molecule has 1 aromatic carbocycles. The van der Waals surface area contributed by atoms with E-state index in [1.54, 1.807) is 6.07 Å². The molecule has 0 radical (unpaired) electrons. The Bertz CT molecular complexity index is 775. The first kappa shape index (κ1) is 14.5. The quantitative estimate of drug-likeness (QED) is 0.902. The number of aryl methyl sites for hydroxylation is 1. The first-order chi connectivity index (χ1) is 10.6. The second kappa shape index (κ2) is 5.76. The number of aromatic nitrogens is 1. The molecule has 0 aliphatic carbocycles. The first-order valence-corrected chi connectivity index (χ1v) is 7.45. The van der Waals surface area contributed by atoms with Crippen molar-refractivity contribution >= 4 is 11.3 Å². The molecule has 0 saturated carbocycles. The number of hydrogen-bond acceptors (Lipinski definition) is 2. The maximum Gasteiger partial charge on any atom is 0.142 e. The van der Waals surface area contributed by atoms with Gasteiger partial charge >= 0.3 is 0 Å². The summed E-state index contributed by atoms with van der Waals surface area (Å²) in [5.74, 6) is -0.310. The van der Waals surface area contributed by atoms with Gasteiger partial charge in [-0.15, -0.1) is 0 Å². The van der Waals surface area contributed by atoms with Crippen LogP contribution in [0.1, 0.15) is 34.9 Å². The van der Waals surface area contributed by atoms with E-state index in [2.05, 4.69) is 35.1 Å². The van der Waals surface area contributed by atoms with Gasteiger partial charge in [0, 0.05) is 29.1 Å². The lowest BCUT2D eigenvalue weighted by atomic mass is 9.90. The van der Waals surface area contributed by atoms with E-state index >= 15 is 0 Å². The smallest absolute Gasteiger partial charge is 0.142 e. The van der Waals surface area contributed by atoms with Crippen LogP contribution in [0.15, 0.2) is 43.1 Å². The molecule has 0 unspecified atom stereocenters. The van der Waals surface area contributed by atoms with Crippen molar-refractivity contribution in [2.75, 3.05) is 6.54 Å². The molecule has 2 heterocycles. The second-order valence-corrected chi connectivity index (χ2v) is 5.52. The number of nitrogens with zero attached hydrogens (tertiary/aromatic N) is 1. The fraction of sp³-hybridized carbons (Fsp3) is 0.211. The maximum atomic E-state index is 13.6. The SMILES string of the molecule is C=C1NCCc2cc(/C(=C/C)c3cc(F)cnc3C)ccc21. The van der Waals surface area contributed by atoms with Crippen LogP contribution < -0.4 is 5.32 Å². The fourth-order valence-corrected chi connectivity index (χ4v) is 2.96. The van der Waals surface area contributed by atoms with E-state index in [1.165, 1.54) is 17.3 Å². The number of nitrogens with one attached hydrogen (secondary N) is 1. The van der Waals surface area contributed by atoms with Crippen molar-refractivity contribution in [3.05, 3.63) is 76.9 Å². The third-order valence-corrected chi connectivity index (χ3v) is 4.11. The Hall–Kier alpha value is -2.42. The zero-order valence-electron chi connectivity index (χ0n) is 12.9. The van der Waals surface area contributed by atoms with Crippen LogP contribution in [0.3, 0.4) is 0 Å². The van der Waals surface area contributed by atoms with Crippen LogP contribution in [-0.2, 0) is 6.42 Å². The monoisotopic (exact) mass is 294 g/mol. The molecule has 0 atom stereocenters. The van der Waals surface area contributed by atoms with Gasteiger partial charge in [0.2, 0.25) is 0 Å². The van der Waals surface area contributed by atoms with Crippen molar-refractivity contribution in [3.8, 4) is 0 Å². The van der Waals surface area contributed by atoms with Crippen LogP contribution in [0.5, 0.6) is 0 Å². The molecular formula is C19H19FN2. The predicted octanol–water partition coefficient (Wildman–Crippen LogP) is 4.10. The Morgan fingerprint density at radius 2 is 2.18 bits per heavy atom. The third kappa shape index (κ3) is 2.54. The Balaban J connectivity index is 2.09. The highest BCUT2D eigenvalue weighted by atomic mass is 19.1. The van der Waals surface area contributed by atoms with Crippen molar-refractivity contribution in [2.45, 2.75) is 20.3 Å². The molecule has 2 aromatic rings. The molecule has 1 aliphatic heterocycles. The molecule has 2 nitrogen and oxygen atoms in total. The van der Waals surface area contributed by atoms with Gasteiger partial charge in [-0.05, 0) is 43.0 Å². The number of pyridine rings is 1. The molecule has 0 saturated heterocycles. The lowest BCUT2D eigenvalue weighted by Crippen LogP contribution is -2.22. The Labute approximate surface area is 130 Å². The Morgan fingerprint density at radius 3 is 2.95 bits per heavy atom. The van der Waals surface area contributed by atoms with Crippen LogP contribution in [0.2, 0.25) is 0 Å². The van der Waals surface area contributed by atoms with Crippen molar-refractivity contribution in [2.24, 2.45) is 0 Å². The molecule has 0 spiro atoms. The van der Waals surface area contributed by atoms with E-state index in [0.29, 0.717) is 0 Å². The summed E-state index contributed by atoms with van der Waals surface area (Å²) in [6, 6.07) is 7.89. The number of rotatable bonds is 2. The van der Waals surface area contributed by atoms with Gasteiger partial charge in [-0.2, -0.15) is 0 Å². The molecule has 3 rings (SSSR count).